The van der Waals surface area contributed by atoms with Crippen molar-refractivity contribution < 1.29 is 9.64 Å². The predicted octanol–water partition coefficient (Wildman–Crippen LogP) is 2.40. The van der Waals surface area contributed by atoms with Crippen LogP contribution in [0.2, 0.25) is 0 Å². The molecule has 2 N–H and O–H groups in total. The van der Waals surface area contributed by atoms with Crippen molar-refractivity contribution in [2.75, 3.05) is 31.6 Å². The van der Waals surface area contributed by atoms with Crippen LogP contribution in [0, 0.1) is 11.3 Å². The number of nitriles is 1. The largest absolute Gasteiger partial charge is 0.370 e. The smallest absolute Gasteiger partial charge is 0.187 e. The monoisotopic (exact) mass is 406 g/mol. The topological polar surface area (TPSA) is 75.3 Å². The van der Waals surface area contributed by atoms with Gasteiger partial charge in [0, 0.05) is 10.6 Å². The van der Waals surface area contributed by atoms with Crippen molar-refractivity contribution in [3.8, 4) is 6.07 Å². The Morgan fingerprint density at radius 3 is 2.76 bits per heavy atom. The van der Waals surface area contributed by atoms with Crippen molar-refractivity contribution in [2.45, 2.75) is 32.2 Å². The summed E-state index contributed by atoms with van der Waals surface area (Å²) in [7, 11) is 0. The van der Waals surface area contributed by atoms with Gasteiger partial charge in [0.05, 0.1) is 31.1 Å². The third-order valence-corrected chi connectivity index (χ3v) is 6.90. The lowest BCUT2D eigenvalue weighted by Gasteiger charge is -2.23. The van der Waals surface area contributed by atoms with E-state index in [9.17, 15) is 0 Å². The van der Waals surface area contributed by atoms with Crippen LogP contribution in [0.4, 0.5) is 11.5 Å². The molecule has 7 heteroatoms. The second-order valence-corrected chi connectivity index (χ2v) is 8.81. The number of hydrogen-bond donors (Lipinski definition) is 2. The van der Waals surface area contributed by atoms with Gasteiger partial charge in [-0.1, -0.05) is 12.1 Å². The highest BCUT2D eigenvalue weighted by atomic mass is 32.1. The number of benzene rings is 1. The van der Waals surface area contributed by atoms with Crippen molar-refractivity contribution in [1.82, 2.24) is 9.97 Å². The molecule has 5 rings (SSSR count). The number of rotatable bonds is 5. The molecule has 0 unspecified atom stereocenters. The molecule has 148 valence electrons. The van der Waals surface area contributed by atoms with Gasteiger partial charge in [0.15, 0.2) is 5.82 Å². The average molecular weight is 407 g/mol. The Labute approximate surface area is 174 Å². The standard InChI is InChI=1S/C22H23N5OS/c23-9-8-15-4-6-16(7-5-15)24-21-20-17-2-1-3-18(17)29-22(20)26-19(25-21)14-27-10-12-28-13-11-27/h4-7H,1-3,8,10-14H2,(H,24,25,26)/p+1. The molecule has 0 bridgehead atoms. The van der Waals surface area contributed by atoms with Gasteiger partial charge in [-0.05, 0) is 42.5 Å². The Bertz CT molecular complexity index is 1060. The summed E-state index contributed by atoms with van der Waals surface area (Å²) in [5.74, 6) is 1.82. The van der Waals surface area contributed by atoms with Gasteiger partial charge in [0.25, 0.3) is 0 Å². The zero-order valence-corrected chi connectivity index (χ0v) is 17.1. The van der Waals surface area contributed by atoms with Gasteiger partial charge in [0.2, 0.25) is 0 Å². The molecular weight excluding hydrogens is 382 g/mol. The van der Waals surface area contributed by atoms with E-state index in [2.05, 4.69) is 11.4 Å². The van der Waals surface area contributed by atoms with Crippen LogP contribution in [0.1, 0.15) is 28.2 Å². The molecule has 1 aromatic carbocycles. The zero-order chi connectivity index (χ0) is 19.6. The molecule has 0 amide bonds. The summed E-state index contributed by atoms with van der Waals surface area (Å²) in [5, 5.41) is 13.6. The lowest BCUT2D eigenvalue weighted by Crippen LogP contribution is -3.12. The number of aryl methyl sites for hydroxylation is 2. The molecule has 1 aliphatic carbocycles. The summed E-state index contributed by atoms with van der Waals surface area (Å²) in [4.78, 5) is 14.0. The molecule has 1 aliphatic heterocycles. The Morgan fingerprint density at radius 1 is 1.14 bits per heavy atom. The van der Waals surface area contributed by atoms with Gasteiger partial charge >= 0.3 is 0 Å². The number of nitrogens with one attached hydrogen (secondary N) is 2. The van der Waals surface area contributed by atoms with E-state index in [0.29, 0.717) is 6.42 Å². The zero-order valence-electron chi connectivity index (χ0n) is 16.3. The van der Waals surface area contributed by atoms with Crippen LogP contribution in [-0.2, 0) is 30.5 Å². The van der Waals surface area contributed by atoms with Crippen LogP contribution in [-0.4, -0.2) is 36.3 Å². The van der Waals surface area contributed by atoms with Gasteiger partial charge in [-0.3, -0.25) is 0 Å². The van der Waals surface area contributed by atoms with Crippen molar-refractivity contribution in [1.29, 1.82) is 5.26 Å². The lowest BCUT2D eigenvalue weighted by molar-refractivity contribution is -0.922. The summed E-state index contributed by atoms with van der Waals surface area (Å²) in [6.07, 6.45) is 3.92. The third kappa shape index (κ3) is 3.84. The number of fused-ring (bicyclic) bond motifs is 3. The highest BCUT2D eigenvalue weighted by Crippen LogP contribution is 2.40. The minimum Gasteiger partial charge on any atom is -0.370 e. The van der Waals surface area contributed by atoms with Gasteiger partial charge in [-0.2, -0.15) is 5.26 Å². The molecule has 3 heterocycles. The molecular formula is C22H24N5OS+. The number of thiophene rings is 1. The molecule has 0 atom stereocenters. The van der Waals surface area contributed by atoms with E-state index in [1.165, 1.54) is 27.1 Å². The van der Waals surface area contributed by atoms with Crippen molar-refractivity contribution in [2.24, 2.45) is 0 Å². The van der Waals surface area contributed by atoms with Gasteiger partial charge in [0.1, 0.15) is 30.3 Å². The molecule has 0 saturated carbocycles. The molecule has 6 nitrogen and oxygen atoms in total. The van der Waals surface area contributed by atoms with Crippen LogP contribution in [0.3, 0.4) is 0 Å². The summed E-state index contributed by atoms with van der Waals surface area (Å²) < 4.78 is 5.49. The number of anilines is 2. The fourth-order valence-electron chi connectivity index (χ4n) is 4.20. The quantitative estimate of drug-likeness (QED) is 0.681. The van der Waals surface area contributed by atoms with E-state index in [4.69, 9.17) is 20.0 Å². The SMILES string of the molecule is N#CCc1ccc(Nc2nc(C[NH+]3CCOCC3)nc3sc4c(c23)CCC4)cc1. The average Bonchev–Trinajstić information content (AvgIpc) is 3.31. The Hall–Kier alpha value is -2.53. The second-order valence-electron chi connectivity index (χ2n) is 7.72. The molecule has 3 aromatic rings. The highest BCUT2D eigenvalue weighted by molar-refractivity contribution is 7.19. The first-order chi connectivity index (χ1) is 14.3. The molecule has 0 spiro atoms. The van der Waals surface area contributed by atoms with Gasteiger partial charge < -0.3 is 15.0 Å². The summed E-state index contributed by atoms with van der Waals surface area (Å²) in [6, 6.07) is 10.3. The summed E-state index contributed by atoms with van der Waals surface area (Å²) in [6.45, 7) is 4.46. The number of quaternary nitrogens is 1. The molecule has 1 saturated heterocycles. The maximum atomic E-state index is 8.88. The van der Waals surface area contributed by atoms with E-state index in [-0.39, 0.29) is 0 Å². The molecule has 29 heavy (non-hydrogen) atoms. The van der Waals surface area contributed by atoms with Crippen LogP contribution in [0.15, 0.2) is 24.3 Å². The number of morpholine rings is 1. The van der Waals surface area contributed by atoms with Crippen LogP contribution >= 0.6 is 11.3 Å². The second kappa shape index (κ2) is 8.07. The first-order valence-corrected chi connectivity index (χ1v) is 11.1. The first-order valence-electron chi connectivity index (χ1n) is 10.3. The fourth-order valence-corrected chi connectivity index (χ4v) is 5.48. The van der Waals surface area contributed by atoms with E-state index in [1.807, 2.05) is 35.6 Å². The molecule has 0 radical (unpaired) electrons. The van der Waals surface area contributed by atoms with Crippen molar-refractivity contribution in [3.05, 3.63) is 46.1 Å². The fraction of sp³-hybridized carbons (Fsp3) is 0.409. The van der Waals surface area contributed by atoms with Gasteiger partial charge in [-0.25, -0.2) is 9.97 Å². The number of hydrogen-bond acceptors (Lipinski definition) is 6. The maximum Gasteiger partial charge on any atom is 0.187 e. The maximum absolute atomic E-state index is 8.88. The highest BCUT2D eigenvalue weighted by Gasteiger charge is 2.24. The van der Waals surface area contributed by atoms with Crippen LogP contribution < -0.4 is 10.2 Å². The lowest BCUT2D eigenvalue weighted by atomic mass is 10.1. The molecule has 2 aromatic heterocycles. The Balaban J connectivity index is 1.50. The van der Waals surface area contributed by atoms with E-state index < -0.39 is 0 Å². The van der Waals surface area contributed by atoms with E-state index >= 15 is 0 Å². The van der Waals surface area contributed by atoms with Crippen molar-refractivity contribution in [3.63, 3.8) is 0 Å². The van der Waals surface area contributed by atoms with Gasteiger partial charge in [-0.15, -0.1) is 11.3 Å². The Kier molecular flexibility index (Phi) is 5.15. The third-order valence-electron chi connectivity index (χ3n) is 5.72. The number of aromatic nitrogens is 2. The Morgan fingerprint density at radius 2 is 1.97 bits per heavy atom. The van der Waals surface area contributed by atoms with Crippen LogP contribution in [0.25, 0.3) is 10.2 Å². The molecule has 2 aliphatic rings. The molecule has 1 fully saturated rings. The summed E-state index contributed by atoms with van der Waals surface area (Å²) >= 11 is 1.84. The predicted molar refractivity (Wildman–Crippen MR) is 114 cm³/mol. The number of nitrogens with zero attached hydrogens (tertiary/aromatic N) is 3. The van der Waals surface area contributed by atoms with Crippen LogP contribution in [0.5, 0.6) is 0 Å². The summed E-state index contributed by atoms with van der Waals surface area (Å²) in [5.41, 5.74) is 3.45. The van der Waals surface area contributed by atoms with Crippen molar-refractivity contribution >= 4 is 33.1 Å². The number of ether oxygens (including phenoxy) is 1. The minimum atomic E-state index is 0.433. The van der Waals surface area contributed by atoms with E-state index in [1.54, 1.807) is 0 Å². The first kappa shape index (κ1) is 18.5. The minimum absolute atomic E-state index is 0.433. The normalized spacial score (nSPS) is 16.7. The van der Waals surface area contributed by atoms with E-state index in [0.717, 1.165) is 73.4 Å².